The molecule has 4 nitrogen and oxygen atoms in total. The number of hydrogen-bond donors (Lipinski definition) is 1. The van der Waals surface area contributed by atoms with Gasteiger partial charge in [0.2, 0.25) is 0 Å². The van der Waals surface area contributed by atoms with E-state index in [9.17, 15) is 4.79 Å². The van der Waals surface area contributed by atoms with Crippen LogP contribution in [0.3, 0.4) is 0 Å². The fourth-order valence-electron chi connectivity index (χ4n) is 1.64. The lowest BCUT2D eigenvalue weighted by Crippen LogP contribution is -2.28. The number of carbonyl (C=O) groups is 1. The molecule has 0 aromatic heterocycles. The van der Waals surface area contributed by atoms with E-state index in [1.54, 1.807) is 49.0 Å². The molecule has 0 unspecified atom stereocenters. The molecule has 1 rings (SSSR count). The summed E-state index contributed by atoms with van der Waals surface area (Å²) in [6.07, 6.45) is 2.02. The molecule has 2 N–H and O–H groups in total. The molecule has 0 heterocycles. The van der Waals surface area contributed by atoms with E-state index in [0.29, 0.717) is 16.9 Å². The summed E-state index contributed by atoms with van der Waals surface area (Å²) in [5, 5.41) is 0. The second-order valence-electron chi connectivity index (χ2n) is 4.14. The van der Waals surface area contributed by atoms with Gasteiger partial charge >= 0.3 is 0 Å². The van der Waals surface area contributed by atoms with Crippen molar-refractivity contribution in [2.45, 2.75) is 0 Å². The second kappa shape index (κ2) is 8.51. The number of hydrogen-bond acceptors (Lipinski definition) is 4. The molecule has 0 saturated carbocycles. The third-order valence-electron chi connectivity index (χ3n) is 2.75. The van der Waals surface area contributed by atoms with Crippen molar-refractivity contribution in [2.24, 2.45) is 5.73 Å². The summed E-state index contributed by atoms with van der Waals surface area (Å²) < 4.78 is 5.23. The van der Waals surface area contributed by atoms with Crippen molar-refractivity contribution in [3.8, 4) is 17.6 Å². The van der Waals surface area contributed by atoms with E-state index in [1.165, 1.54) is 0 Å². The molecule has 0 bridgehead atoms. The fraction of sp³-hybridized carbons (Fsp3) is 0.400. The van der Waals surface area contributed by atoms with Gasteiger partial charge in [0.05, 0.1) is 19.2 Å². The lowest BCUT2D eigenvalue weighted by molar-refractivity contribution is 0.0803. The summed E-state index contributed by atoms with van der Waals surface area (Å²) in [6.45, 7) is 0.991. The standard InChI is InChI=1S/C15H20N2O2S/c1-17(9-10-20-3)15(18)13-6-7-14(19-2)12(11-13)5-4-8-16/h6-7,11H,8-10,16H2,1-3H3. The first-order chi connectivity index (χ1) is 9.63. The van der Waals surface area contributed by atoms with E-state index in [4.69, 9.17) is 10.5 Å². The van der Waals surface area contributed by atoms with Crippen LogP contribution in [0.4, 0.5) is 0 Å². The minimum atomic E-state index is -0.0162. The molecule has 1 aromatic rings. The Morgan fingerprint density at radius 1 is 1.50 bits per heavy atom. The molecule has 0 aliphatic carbocycles. The number of ether oxygens (including phenoxy) is 1. The van der Waals surface area contributed by atoms with Crippen LogP contribution in [-0.2, 0) is 0 Å². The maximum Gasteiger partial charge on any atom is 0.253 e. The quantitative estimate of drug-likeness (QED) is 0.834. The largest absolute Gasteiger partial charge is 0.495 e. The number of rotatable bonds is 5. The molecule has 0 spiro atoms. The van der Waals surface area contributed by atoms with Crippen molar-refractivity contribution in [1.29, 1.82) is 0 Å². The Balaban J connectivity index is 2.98. The molecule has 108 valence electrons. The number of amides is 1. The normalized spacial score (nSPS) is 9.60. The highest BCUT2D eigenvalue weighted by Gasteiger charge is 2.13. The van der Waals surface area contributed by atoms with Gasteiger partial charge in [0.1, 0.15) is 5.75 Å². The summed E-state index contributed by atoms with van der Waals surface area (Å²) in [4.78, 5) is 14.0. The van der Waals surface area contributed by atoms with Crippen LogP contribution in [0.2, 0.25) is 0 Å². The van der Waals surface area contributed by atoms with Gasteiger partial charge < -0.3 is 15.4 Å². The van der Waals surface area contributed by atoms with Crippen LogP contribution in [-0.4, -0.2) is 50.1 Å². The van der Waals surface area contributed by atoms with Gasteiger partial charge in [-0.2, -0.15) is 11.8 Å². The Labute approximate surface area is 124 Å². The molecule has 20 heavy (non-hydrogen) atoms. The fourth-order valence-corrected chi connectivity index (χ4v) is 2.09. The molecule has 0 fully saturated rings. The van der Waals surface area contributed by atoms with Crippen LogP contribution in [0.1, 0.15) is 15.9 Å². The number of nitrogens with zero attached hydrogens (tertiary/aromatic N) is 1. The van der Waals surface area contributed by atoms with Crippen LogP contribution in [0.5, 0.6) is 5.75 Å². The summed E-state index contributed by atoms with van der Waals surface area (Å²) in [6, 6.07) is 5.26. The topological polar surface area (TPSA) is 55.6 Å². The summed E-state index contributed by atoms with van der Waals surface area (Å²) in [7, 11) is 3.38. The van der Waals surface area contributed by atoms with Gasteiger partial charge in [-0.05, 0) is 24.5 Å². The summed E-state index contributed by atoms with van der Waals surface area (Å²) in [5.41, 5.74) is 6.67. The second-order valence-corrected chi connectivity index (χ2v) is 5.13. The van der Waals surface area contributed by atoms with E-state index in [-0.39, 0.29) is 12.5 Å². The van der Waals surface area contributed by atoms with Crippen molar-refractivity contribution in [3.05, 3.63) is 29.3 Å². The minimum absolute atomic E-state index is 0.0162. The highest BCUT2D eigenvalue weighted by Crippen LogP contribution is 2.19. The van der Waals surface area contributed by atoms with Gasteiger partial charge in [-0.1, -0.05) is 11.8 Å². The van der Waals surface area contributed by atoms with Gasteiger partial charge in [0.25, 0.3) is 5.91 Å². The number of nitrogens with two attached hydrogens (primary N) is 1. The first-order valence-electron chi connectivity index (χ1n) is 6.25. The molecule has 0 aliphatic rings. The first kappa shape index (κ1) is 16.4. The molecule has 1 aromatic carbocycles. The van der Waals surface area contributed by atoms with Crippen LogP contribution < -0.4 is 10.5 Å². The van der Waals surface area contributed by atoms with Crippen molar-refractivity contribution in [1.82, 2.24) is 4.90 Å². The van der Waals surface area contributed by atoms with Crippen molar-refractivity contribution in [2.75, 3.05) is 39.3 Å². The third-order valence-corrected chi connectivity index (χ3v) is 3.34. The molecule has 0 radical (unpaired) electrons. The van der Waals surface area contributed by atoms with Crippen LogP contribution >= 0.6 is 11.8 Å². The Hall–Kier alpha value is -1.64. The zero-order valence-electron chi connectivity index (χ0n) is 12.1. The van der Waals surface area contributed by atoms with Gasteiger partial charge in [0.15, 0.2) is 0 Å². The highest BCUT2D eigenvalue weighted by atomic mass is 32.2. The van der Waals surface area contributed by atoms with Gasteiger partial charge in [-0.3, -0.25) is 4.79 Å². The maximum absolute atomic E-state index is 12.3. The van der Waals surface area contributed by atoms with Gasteiger partial charge in [-0.25, -0.2) is 0 Å². The molecule has 5 heteroatoms. The van der Waals surface area contributed by atoms with Crippen LogP contribution in [0.25, 0.3) is 0 Å². The monoisotopic (exact) mass is 292 g/mol. The van der Waals surface area contributed by atoms with Crippen LogP contribution in [0, 0.1) is 11.8 Å². The summed E-state index contributed by atoms with van der Waals surface area (Å²) in [5.74, 6) is 7.25. The third kappa shape index (κ3) is 4.48. The molecule has 0 saturated heterocycles. The predicted octanol–water partition coefficient (Wildman–Crippen LogP) is 1.44. The average molecular weight is 292 g/mol. The SMILES string of the molecule is COc1ccc(C(=O)N(C)CCSC)cc1C#CCN. The maximum atomic E-state index is 12.3. The smallest absolute Gasteiger partial charge is 0.253 e. The Bertz CT molecular complexity index is 520. The number of benzene rings is 1. The van der Waals surface area contributed by atoms with Crippen molar-refractivity contribution < 1.29 is 9.53 Å². The molecular formula is C15H20N2O2S. The zero-order valence-corrected chi connectivity index (χ0v) is 12.9. The van der Waals surface area contributed by atoms with Gasteiger partial charge in [-0.15, -0.1) is 0 Å². The Kier molecular flexibility index (Phi) is 6.99. The number of methoxy groups -OCH3 is 1. The van der Waals surface area contributed by atoms with E-state index < -0.39 is 0 Å². The molecular weight excluding hydrogens is 272 g/mol. The molecule has 0 aliphatic heterocycles. The summed E-state index contributed by atoms with van der Waals surface area (Å²) >= 11 is 1.71. The minimum Gasteiger partial charge on any atom is -0.495 e. The lowest BCUT2D eigenvalue weighted by atomic mass is 10.1. The van der Waals surface area contributed by atoms with Gasteiger partial charge in [0, 0.05) is 24.9 Å². The van der Waals surface area contributed by atoms with Crippen LogP contribution in [0.15, 0.2) is 18.2 Å². The van der Waals surface area contributed by atoms with Crippen molar-refractivity contribution >= 4 is 17.7 Å². The van der Waals surface area contributed by atoms with E-state index in [2.05, 4.69) is 11.8 Å². The predicted molar refractivity (Wildman–Crippen MR) is 84.3 cm³/mol. The number of thioether (sulfide) groups is 1. The van der Waals surface area contributed by atoms with E-state index in [1.807, 2.05) is 6.26 Å². The molecule has 0 atom stereocenters. The number of carbonyl (C=O) groups excluding carboxylic acids is 1. The average Bonchev–Trinajstić information content (AvgIpc) is 2.49. The first-order valence-corrected chi connectivity index (χ1v) is 7.64. The Morgan fingerprint density at radius 3 is 2.85 bits per heavy atom. The van der Waals surface area contributed by atoms with Crippen molar-refractivity contribution in [3.63, 3.8) is 0 Å². The Morgan fingerprint density at radius 2 is 2.25 bits per heavy atom. The zero-order chi connectivity index (χ0) is 15.0. The van der Waals surface area contributed by atoms with E-state index >= 15 is 0 Å². The lowest BCUT2D eigenvalue weighted by Gasteiger charge is -2.17. The van der Waals surface area contributed by atoms with E-state index in [0.717, 1.165) is 12.3 Å². The molecule has 1 amide bonds. The highest BCUT2D eigenvalue weighted by molar-refractivity contribution is 7.98.